The Morgan fingerprint density at radius 2 is 2.20 bits per heavy atom. The molecule has 0 saturated heterocycles. The zero-order valence-electron chi connectivity index (χ0n) is 6.32. The standard InChI is InChI=1S/C6H14ClFNP/c1-5(2)9-4-6(8,10)3-7/h5,9H,3-4,10H2,1-2H3. The van der Waals surface area contributed by atoms with E-state index in [0.717, 1.165) is 0 Å². The lowest BCUT2D eigenvalue weighted by atomic mass is 10.3. The molecule has 10 heavy (non-hydrogen) atoms. The van der Waals surface area contributed by atoms with Crippen molar-refractivity contribution >= 4 is 20.8 Å². The lowest BCUT2D eigenvalue weighted by Crippen LogP contribution is -2.36. The number of nitrogens with one attached hydrogen (secondary N) is 1. The highest BCUT2D eigenvalue weighted by Crippen LogP contribution is 2.20. The second kappa shape index (κ2) is 4.48. The van der Waals surface area contributed by atoms with E-state index in [2.05, 4.69) is 14.6 Å². The minimum absolute atomic E-state index is 0.0113. The van der Waals surface area contributed by atoms with Crippen molar-refractivity contribution < 1.29 is 4.39 Å². The zero-order valence-corrected chi connectivity index (χ0v) is 8.24. The second-order valence-electron chi connectivity index (χ2n) is 2.70. The number of halogens is 2. The summed E-state index contributed by atoms with van der Waals surface area (Å²) in [5.41, 5.74) is 0. The first-order valence-electron chi connectivity index (χ1n) is 3.25. The first kappa shape index (κ1) is 10.6. The predicted octanol–water partition coefficient (Wildman–Crippen LogP) is 1.76. The second-order valence-corrected chi connectivity index (χ2v) is 4.01. The molecule has 1 N–H and O–H groups in total. The smallest absolute Gasteiger partial charge is 0.149 e. The number of rotatable bonds is 4. The van der Waals surface area contributed by atoms with Gasteiger partial charge in [0.15, 0.2) is 0 Å². The molecule has 0 aromatic heterocycles. The van der Waals surface area contributed by atoms with E-state index in [1.165, 1.54) is 0 Å². The molecule has 0 saturated carbocycles. The maximum Gasteiger partial charge on any atom is 0.149 e. The third-order valence-electron chi connectivity index (χ3n) is 1.03. The molecule has 2 atom stereocenters. The fourth-order valence-corrected chi connectivity index (χ4v) is 0.633. The van der Waals surface area contributed by atoms with Gasteiger partial charge in [-0.25, -0.2) is 4.39 Å². The van der Waals surface area contributed by atoms with Crippen molar-refractivity contribution in [2.24, 2.45) is 0 Å². The summed E-state index contributed by atoms with van der Waals surface area (Å²) in [6.45, 7) is 4.22. The van der Waals surface area contributed by atoms with Crippen LogP contribution in [0.5, 0.6) is 0 Å². The Kier molecular flexibility index (Phi) is 4.75. The molecule has 0 spiro atoms. The molecule has 4 heteroatoms. The molecule has 0 rings (SSSR count). The fraction of sp³-hybridized carbons (Fsp3) is 1.00. The quantitative estimate of drug-likeness (QED) is 0.520. The van der Waals surface area contributed by atoms with Crippen LogP contribution >= 0.6 is 20.8 Å². The van der Waals surface area contributed by atoms with Crippen molar-refractivity contribution in [1.29, 1.82) is 0 Å². The third-order valence-corrected chi connectivity index (χ3v) is 2.14. The summed E-state index contributed by atoms with van der Waals surface area (Å²) < 4.78 is 12.9. The van der Waals surface area contributed by atoms with Gasteiger partial charge < -0.3 is 5.32 Å². The molecule has 0 amide bonds. The normalized spacial score (nSPS) is 17.4. The maximum absolute atomic E-state index is 12.9. The first-order valence-corrected chi connectivity index (χ1v) is 4.36. The highest BCUT2D eigenvalue weighted by atomic mass is 35.5. The van der Waals surface area contributed by atoms with Gasteiger partial charge in [-0.2, -0.15) is 0 Å². The van der Waals surface area contributed by atoms with Crippen LogP contribution in [-0.4, -0.2) is 23.9 Å². The van der Waals surface area contributed by atoms with E-state index >= 15 is 0 Å². The summed E-state index contributed by atoms with van der Waals surface area (Å²) in [4.78, 5) is 0. The molecule has 0 aromatic carbocycles. The Morgan fingerprint density at radius 3 is 2.50 bits per heavy atom. The Morgan fingerprint density at radius 1 is 1.70 bits per heavy atom. The highest BCUT2D eigenvalue weighted by Gasteiger charge is 2.21. The van der Waals surface area contributed by atoms with Crippen molar-refractivity contribution in [2.45, 2.75) is 25.3 Å². The molecule has 0 bridgehead atoms. The number of alkyl halides is 2. The summed E-state index contributed by atoms with van der Waals surface area (Å²) in [6.07, 6.45) is 0. The van der Waals surface area contributed by atoms with E-state index in [1.807, 2.05) is 13.8 Å². The van der Waals surface area contributed by atoms with Gasteiger partial charge in [0, 0.05) is 12.6 Å². The van der Waals surface area contributed by atoms with Gasteiger partial charge in [0.1, 0.15) is 5.41 Å². The van der Waals surface area contributed by atoms with E-state index in [0.29, 0.717) is 12.6 Å². The van der Waals surface area contributed by atoms with Crippen molar-refractivity contribution in [1.82, 2.24) is 5.32 Å². The summed E-state index contributed by atoms with van der Waals surface area (Å²) in [7, 11) is 2.10. The van der Waals surface area contributed by atoms with E-state index in [4.69, 9.17) is 11.6 Å². The molecule has 0 radical (unpaired) electrons. The van der Waals surface area contributed by atoms with Crippen LogP contribution in [0.3, 0.4) is 0 Å². The van der Waals surface area contributed by atoms with Gasteiger partial charge in [0.2, 0.25) is 0 Å². The summed E-state index contributed by atoms with van der Waals surface area (Å²) in [6, 6.07) is 0.305. The molecule has 0 aliphatic carbocycles. The molecule has 0 aliphatic rings. The Hall–Kier alpha value is 0.610. The first-order chi connectivity index (χ1) is 4.48. The monoisotopic (exact) mass is 185 g/mol. The SMILES string of the molecule is CC(C)NCC(F)(P)CCl. The average Bonchev–Trinajstić information content (AvgIpc) is 1.85. The summed E-state index contributed by atoms with van der Waals surface area (Å²) in [5, 5.41) is 1.60. The average molecular weight is 186 g/mol. The number of hydrogen-bond acceptors (Lipinski definition) is 1. The fourth-order valence-electron chi connectivity index (χ4n) is 0.421. The molecule has 0 aromatic rings. The lowest BCUT2D eigenvalue weighted by molar-refractivity contribution is 0.298. The number of hydrogen-bond donors (Lipinski definition) is 1. The van der Waals surface area contributed by atoms with Gasteiger partial charge in [0.05, 0.1) is 5.88 Å². The van der Waals surface area contributed by atoms with E-state index < -0.39 is 5.41 Å². The van der Waals surface area contributed by atoms with Gasteiger partial charge >= 0.3 is 0 Å². The molecule has 1 nitrogen and oxygen atoms in total. The minimum Gasteiger partial charge on any atom is -0.311 e. The Balaban J connectivity index is 3.46. The van der Waals surface area contributed by atoms with Crippen LogP contribution < -0.4 is 5.32 Å². The predicted molar refractivity (Wildman–Crippen MR) is 47.4 cm³/mol. The van der Waals surface area contributed by atoms with Crippen LogP contribution in [-0.2, 0) is 0 Å². The Labute approximate surface area is 68.9 Å². The molecule has 0 aliphatic heterocycles. The van der Waals surface area contributed by atoms with Gasteiger partial charge in [-0.15, -0.1) is 11.6 Å². The molecular formula is C6H14ClFNP. The van der Waals surface area contributed by atoms with Gasteiger partial charge in [0.25, 0.3) is 0 Å². The van der Waals surface area contributed by atoms with E-state index in [1.54, 1.807) is 0 Å². The topological polar surface area (TPSA) is 12.0 Å². The molecule has 0 heterocycles. The lowest BCUT2D eigenvalue weighted by Gasteiger charge is -2.18. The molecule has 0 fully saturated rings. The van der Waals surface area contributed by atoms with Gasteiger partial charge in [-0.1, -0.05) is 23.1 Å². The van der Waals surface area contributed by atoms with Crippen molar-refractivity contribution in [2.75, 3.05) is 12.4 Å². The summed E-state index contributed by atoms with van der Waals surface area (Å²) in [5.74, 6) is 0.0113. The van der Waals surface area contributed by atoms with Crippen LogP contribution in [0, 0.1) is 0 Å². The third kappa shape index (κ3) is 5.40. The van der Waals surface area contributed by atoms with E-state index in [-0.39, 0.29) is 5.88 Å². The maximum atomic E-state index is 12.9. The highest BCUT2D eigenvalue weighted by molar-refractivity contribution is 7.19. The van der Waals surface area contributed by atoms with Crippen LogP contribution in [0.4, 0.5) is 4.39 Å². The zero-order chi connectivity index (χ0) is 8.20. The molecule has 2 unspecified atom stereocenters. The van der Waals surface area contributed by atoms with Crippen LogP contribution in [0.25, 0.3) is 0 Å². The van der Waals surface area contributed by atoms with E-state index in [9.17, 15) is 4.39 Å². The van der Waals surface area contributed by atoms with Crippen molar-refractivity contribution in [3.8, 4) is 0 Å². The van der Waals surface area contributed by atoms with Crippen LogP contribution in [0.15, 0.2) is 0 Å². The van der Waals surface area contributed by atoms with Crippen molar-refractivity contribution in [3.63, 3.8) is 0 Å². The van der Waals surface area contributed by atoms with Crippen LogP contribution in [0.1, 0.15) is 13.8 Å². The molecular weight excluding hydrogens is 171 g/mol. The van der Waals surface area contributed by atoms with Gasteiger partial charge in [-0.05, 0) is 0 Å². The summed E-state index contributed by atoms with van der Waals surface area (Å²) >= 11 is 5.34. The minimum atomic E-state index is -1.36. The van der Waals surface area contributed by atoms with Crippen molar-refractivity contribution in [3.05, 3.63) is 0 Å². The van der Waals surface area contributed by atoms with Gasteiger partial charge in [-0.3, -0.25) is 0 Å². The van der Waals surface area contributed by atoms with Crippen LogP contribution in [0.2, 0.25) is 0 Å². The largest absolute Gasteiger partial charge is 0.311 e. The molecule has 62 valence electrons. The Bertz CT molecular complexity index is 97.7.